The predicted octanol–water partition coefficient (Wildman–Crippen LogP) is 5.25. The second-order valence-electron chi connectivity index (χ2n) is 9.38. The van der Waals surface area contributed by atoms with Crippen molar-refractivity contribution in [1.29, 1.82) is 0 Å². The van der Waals surface area contributed by atoms with Crippen LogP contribution in [-0.2, 0) is 26.2 Å². The van der Waals surface area contributed by atoms with Crippen molar-refractivity contribution < 1.29 is 14.3 Å². The van der Waals surface area contributed by atoms with Gasteiger partial charge in [-0.25, -0.2) is 9.78 Å². The normalized spacial score (nSPS) is 12.0. The number of methoxy groups -OCH3 is 1. The van der Waals surface area contributed by atoms with Crippen molar-refractivity contribution in [2.75, 3.05) is 7.11 Å². The topological polar surface area (TPSA) is 81.2 Å². The van der Waals surface area contributed by atoms with Gasteiger partial charge in [0.15, 0.2) is 0 Å². The average molecular weight is 516 g/mol. The maximum absolute atomic E-state index is 13.9. The van der Waals surface area contributed by atoms with Gasteiger partial charge in [0.1, 0.15) is 6.04 Å². The van der Waals surface area contributed by atoms with Gasteiger partial charge in [0, 0.05) is 19.0 Å². The van der Waals surface area contributed by atoms with Crippen molar-refractivity contribution in [1.82, 2.24) is 15.3 Å². The molecule has 5 aromatic rings. The van der Waals surface area contributed by atoms with Crippen LogP contribution in [0.5, 0.6) is 0 Å². The molecule has 6 nitrogen and oxygen atoms in total. The van der Waals surface area contributed by atoms with Crippen LogP contribution in [0.3, 0.4) is 0 Å². The average Bonchev–Trinajstić information content (AvgIpc) is 3.00. The standard InChI is InChI=1S/C33H29N3O3/c1-39-32(38)30(21-27-23-34-28-19-11-12-20-29(28)35-27)36-31(37)22-33(24-13-5-2-6-14-24,25-15-7-3-8-16-25)26-17-9-4-10-18-26/h2-20,23,30H,21-22H2,1H3,(H,36,37)/t30-/m0/s1. The zero-order valence-corrected chi connectivity index (χ0v) is 21.7. The first-order valence-electron chi connectivity index (χ1n) is 12.8. The molecule has 0 aliphatic heterocycles. The number of amides is 1. The fraction of sp³-hybridized carbons (Fsp3) is 0.152. The molecule has 0 saturated heterocycles. The molecule has 1 amide bonds. The first-order valence-corrected chi connectivity index (χ1v) is 12.8. The number of benzene rings is 4. The molecule has 5 rings (SSSR count). The number of ether oxygens (including phenoxy) is 1. The Hall–Kier alpha value is -4.84. The zero-order valence-electron chi connectivity index (χ0n) is 21.7. The molecule has 4 aromatic carbocycles. The molecule has 0 saturated carbocycles. The third-order valence-corrected chi connectivity index (χ3v) is 6.96. The summed E-state index contributed by atoms with van der Waals surface area (Å²) in [7, 11) is 1.32. The summed E-state index contributed by atoms with van der Waals surface area (Å²) in [6, 6.07) is 36.6. The van der Waals surface area contributed by atoms with Gasteiger partial charge in [-0.3, -0.25) is 9.78 Å². The molecule has 0 radical (unpaired) electrons. The lowest BCUT2D eigenvalue weighted by Gasteiger charge is -2.36. The Morgan fingerprint density at radius 1 is 0.744 bits per heavy atom. The Bertz CT molecular complexity index is 1460. The Morgan fingerprint density at radius 3 is 1.74 bits per heavy atom. The number of aromatic nitrogens is 2. The maximum Gasteiger partial charge on any atom is 0.328 e. The molecule has 0 unspecified atom stereocenters. The van der Waals surface area contributed by atoms with E-state index in [-0.39, 0.29) is 18.7 Å². The monoisotopic (exact) mass is 515 g/mol. The number of para-hydroxylation sites is 2. The van der Waals surface area contributed by atoms with Crippen LogP contribution in [0.2, 0.25) is 0 Å². The predicted molar refractivity (Wildman–Crippen MR) is 151 cm³/mol. The summed E-state index contributed by atoms with van der Waals surface area (Å²) >= 11 is 0. The van der Waals surface area contributed by atoms with E-state index >= 15 is 0 Å². The van der Waals surface area contributed by atoms with Crippen LogP contribution in [0.25, 0.3) is 11.0 Å². The third-order valence-electron chi connectivity index (χ3n) is 6.96. The molecule has 39 heavy (non-hydrogen) atoms. The minimum atomic E-state index is -0.919. The molecule has 6 heteroatoms. The minimum Gasteiger partial charge on any atom is -0.467 e. The highest BCUT2D eigenvalue weighted by Gasteiger charge is 2.39. The fourth-order valence-electron chi connectivity index (χ4n) is 5.10. The number of fused-ring (bicyclic) bond motifs is 1. The lowest BCUT2D eigenvalue weighted by atomic mass is 9.67. The van der Waals surface area contributed by atoms with Gasteiger partial charge in [-0.05, 0) is 28.8 Å². The number of hydrogen-bond donors (Lipinski definition) is 1. The number of carbonyl (C=O) groups is 2. The second kappa shape index (κ2) is 11.7. The Labute approximate surface area is 227 Å². The zero-order chi connectivity index (χ0) is 27.1. The first-order chi connectivity index (χ1) is 19.1. The SMILES string of the molecule is COC(=O)[C@H](Cc1cnc2ccccc2n1)NC(=O)CC(c1ccccc1)(c1ccccc1)c1ccccc1. The van der Waals surface area contributed by atoms with E-state index in [9.17, 15) is 9.59 Å². The minimum absolute atomic E-state index is 0.0853. The lowest BCUT2D eigenvalue weighted by molar-refractivity contribution is -0.145. The Balaban J connectivity index is 1.50. The van der Waals surface area contributed by atoms with E-state index in [0.717, 1.165) is 27.7 Å². The number of esters is 1. The summed E-state index contributed by atoms with van der Waals surface area (Å²) in [5.74, 6) is -0.821. The molecule has 194 valence electrons. The smallest absolute Gasteiger partial charge is 0.328 e. The maximum atomic E-state index is 13.9. The first kappa shape index (κ1) is 25.8. The molecular formula is C33H29N3O3. The quantitative estimate of drug-likeness (QED) is 0.214. The largest absolute Gasteiger partial charge is 0.467 e. The second-order valence-corrected chi connectivity index (χ2v) is 9.38. The summed E-state index contributed by atoms with van der Waals surface area (Å²) < 4.78 is 5.06. The van der Waals surface area contributed by atoms with Crippen LogP contribution >= 0.6 is 0 Å². The van der Waals surface area contributed by atoms with Crippen molar-refractivity contribution in [3.05, 3.63) is 144 Å². The van der Waals surface area contributed by atoms with Crippen molar-refractivity contribution in [2.24, 2.45) is 0 Å². The van der Waals surface area contributed by atoms with E-state index in [4.69, 9.17) is 4.74 Å². The molecule has 1 N–H and O–H groups in total. The molecule has 0 fully saturated rings. The molecule has 0 aliphatic rings. The fourth-order valence-corrected chi connectivity index (χ4v) is 5.10. The van der Waals surface area contributed by atoms with E-state index in [0.29, 0.717) is 5.69 Å². The highest BCUT2D eigenvalue weighted by molar-refractivity contribution is 5.86. The van der Waals surface area contributed by atoms with E-state index in [1.165, 1.54) is 7.11 Å². The van der Waals surface area contributed by atoms with Gasteiger partial charge < -0.3 is 10.1 Å². The van der Waals surface area contributed by atoms with Crippen LogP contribution < -0.4 is 5.32 Å². The van der Waals surface area contributed by atoms with E-state index in [1.807, 2.05) is 115 Å². The summed E-state index contributed by atoms with van der Waals surface area (Å²) in [5.41, 5.74) is 4.23. The van der Waals surface area contributed by atoms with Crippen LogP contribution in [-0.4, -0.2) is 35.0 Å². The Morgan fingerprint density at radius 2 is 1.23 bits per heavy atom. The van der Waals surface area contributed by atoms with Crippen molar-refractivity contribution in [2.45, 2.75) is 24.3 Å². The van der Waals surface area contributed by atoms with Gasteiger partial charge in [-0.2, -0.15) is 0 Å². The third kappa shape index (κ3) is 5.55. The van der Waals surface area contributed by atoms with E-state index < -0.39 is 17.4 Å². The van der Waals surface area contributed by atoms with Gasteiger partial charge in [0.05, 0.1) is 29.3 Å². The number of carbonyl (C=O) groups excluding carboxylic acids is 2. The number of nitrogens with zero attached hydrogens (tertiary/aromatic N) is 2. The van der Waals surface area contributed by atoms with E-state index in [2.05, 4.69) is 15.3 Å². The Kier molecular flexibility index (Phi) is 7.73. The summed E-state index contributed by atoms with van der Waals surface area (Å²) in [6.45, 7) is 0. The van der Waals surface area contributed by atoms with Crippen molar-refractivity contribution in [3.63, 3.8) is 0 Å². The molecule has 1 atom stereocenters. The van der Waals surface area contributed by atoms with Gasteiger partial charge in [-0.15, -0.1) is 0 Å². The van der Waals surface area contributed by atoms with Crippen molar-refractivity contribution >= 4 is 22.9 Å². The summed E-state index contributed by atoms with van der Waals surface area (Å²) in [5, 5.41) is 2.95. The van der Waals surface area contributed by atoms with Crippen molar-refractivity contribution in [3.8, 4) is 0 Å². The summed E-state index contributed by atoms with van der Waals surface area (Å²) in [6.07, 6.45) is 1.87. The number of hydrogen-bond acceptors (Lipinski definition) is 5. The summed E-state index contributed by atoms with van der Waals surface area (Å²) in [4.78, 5) is 35.7. The molecule has 0 aliphatic carbocycles. The van der Waals surface area contributed by atoms with Crippen LogP contribution in [0.15, 0.2) is 121 Å². The highest BCUT2D eigenvalue weighted by Crippen LogP contribution is 2.42. The molecule has 0 bridgehead atoms. The molecule has 1 heterocycles. The van der Waals surface area contributed by atoms with Gasteiger partial charge in [-0.1, -0.05) is 103 Å². The van der Waals surface area contributed by atoms with Gasteiger partial charge >= 0.3 is 5.97 Å². The number of nitrogens with one attached hydrogen (secondary N) is 1. The molecule has 1 aromatic heterocycles. The molecule has 0 spiro atoms. The van der Waals surface area contributed by atoms with Crippen LogP contribution in [0, 0.1) is 0 Å². The van der Waals surface area contributed by atoms with Gasteiger partial charge in [0.25, 0.3) is 0 Å². The molecular weight excluding hydrogens is 486 g/mol. The number of rotatable bonds is 9. The lowest BCUT2D eigenvalue weighted by Crippen LogP contribution is -2.46. The van der Waals surface area contributed by atoms with Gasteiger partial charge in [0.2, 0.25) is 5.91 Å². The van der Waals surface area contributed by atoms with Crippen LogP contribution in [0.1, 0.15) is 28.8 Å². The van der Waals surface area contributed by atoms with Crippen LogP contribution in [0.4, 0.5) is 0 Å². The highest BCUT2D eigenvalue weighted by atomic mass is 16.5. The van der Waals surface area contributed by atoms with E-state index in [1.54, 1.807) is 6.20 Å².